The van der Waals surface area contributed by atoms with Crippen molar-refractivity contribution in [2.45, 2.75) is 56.0 Å². The van der Waals surface area contributed by atoms with Crippen LogP contribution in [0.15, 0.2) is 52.5 Å². The van der Waals surface area contributed by atoms with E-state index in [1.54, 1.807) is 12.3 Å². The van der Waals surface area contributed by atoms with Gasteiger partial charge in [-0.15, -0.1) is 0 Å². The van der Waals surface area contributed by atoms with Crippen molar-refractivity contribution in [2.24, 2.45) is 0 Å². The molecule has 29 heavy (non-hydrogen) atoms. The van der Waals surface area contributed by atoms with Crippen molar-refractivity contribution in [3.05, 3.63) is 58.5 Å². The Labute approximate surface area is 173 Å². The molecule has 1 aliphatic rings. The number of benzene rings is 1. The normalized spacial score (nSPS) is 15.5. The number of fused-ring (bicyclic) bond motifs is 1. The Morgan fingerprint density at radius 2 is 1.97 bits per heavy atom. The molecule has 7 heteroatoms. The van der Waals surface area contributed by atoms with Crippen molar-refractivity contribution in [1.82, 2.24) is 19.9 Å². The molecule has 3 aromatic rings. The van der Waals surface area contributed by atoms with Gasteiger partial charge in [-0.2, -0.15) is 0 Å². The summed E-state index contributed by atoms with van der Waals surface area (Å²) in [5, 5.41) is 3.76. The second-order valence-corrected chi connectivity index (χ2v) is 8.75. The highest BCUT2D eigenvalue weighted by atomic mass is 32.2. The molecule has 1 aliphatic carbocycles. The van der Waals surface area contributed by atoms with Crippen LogP contribution in [0.5, 0.6) is 0 Å². The number of aryl methyl sites for hydroxylation is 1. The van der Waals surface area contributed by atoms with Gasteiger partial charge in [0.25, 0.3) is 5.56 Å². The second kappa shape index (κ2) is 8.37. The van der Waals surface area contributed by atoms with Crippen LogP contribution in [-0.4, -0.2) is 31.7 Å². The predicted molar refractivity (Wildman–Crippen MR) is 116 cm³/mol. The minimum Gasteiger partial charge on any atom is -0.352 e. The van der Waals surface area contributed by atoms with Crippen molar-refractivity contribution < 1.29 is 4.79 Å². The molecule has 0 spiro atoms. The van der Waals surface area contributed by atoms with Crippen molar-refractivity contribution in [3.8, 4) is 5.82 Å². The van der Waals surface area contributed by atoms with Gasteiger partial charge in [0.05, 0.1) is 16.2 Å². The zero-order valence-electron chi connectivity index (χ0n) is 16.6. The van der Waals surface area contributed by atoms with E-state index in [-0.39, 0.29) is 22.8 Å². The number of amides is 1. The molecule has 0 aliphatic heterocycles. The van der Waals surface area contributed by atoms with Crippen LogP contribution in [0.1, 0.15) is 38.2 Å². The molecule has 1 N–H and O–H groups in total. The van der Waals surface area contributed by atoms with E-state index in [4.69, 9.17) is 4.98 Å². The summed E-state index contributed by atoms with van der Waals surface area (Å²) in [4.78, 5) is 35.1. The lowest BCUT2D eigenvalue weighted by molar-refractivity contribution is -0.120. The van der Waals surface area contributed by atoms with E-state index in [1.807, 2.05) is 44.2 Å². The number of hydrogen-bond donors (Lipinski definition) is 1. The first-order valence-corrected chi connectivity index (χ1v) is 10.8. The first-order valence-electron chi connectivity index (χ1n) is 9.95. The maximum absolute atomic E-state index is 13.3. The maximum Gasteiger partial charge on any atom is 0.267 e. The van der Waals surface area contributed by atoms with E-state index in [1.165, 1.54) is 16.3 Å². The van der Waals surface area contributed by atoms with E-state index >= 15 is 0 Å². The van der Waals surface area contributed by atoms with Gasteiger partial charge in [-0.05, 0) is 50.5 Å². The van der Waals surface area contributed by atoms with Crippen molar-refractivity contribution in [3.63, 3.8) is 0 Å². The summed E-state index contributed by atoms with van der Waals surface area (Å²) in [7, 11) is 0. The molecule has 2 aromatic heterocycles. The number of thioether (sulfide) groups is 1. The Hall–Kier alpha value is -2.67. The summed E-state index contributed by atoms with van der Waals surface area (Å²) >= 11 is 1.29. The molecule has 1 amide bonds. The summed E-state index contributed by atoms with van der Waals surface area (Å²) in [6.45, 7) is 3.76. The number of nitrogens with zero attached hydrogens (tertiary/aromatic N) is 3. The summed E-state index contributed by atoms with van der Waals surface area (Å²) in [5.74, 6) is 0.523. The van der Waals surface area contributed by atoms with Crippen molar-refractivity contribution in [1.29, 1.82) is 0 Å². The fraction of sp³-hybridized carbons (Fsp3) is 0.364. The van der Waals surface area contributed by atoms with Crippen LogP contribution in [0.2, 0.25) is 0 Å². The molecule has 1 fully saturated rings. The molecule has 0 bridgehead atoms. The van der Waals surface area contributed by atoms with Crippen LogP contribution in [0.4, 0.5) is 0 Å². The van der Waals surface area contributed by atoms with Gasteiger partial charge >= 0.3 is 0 Å². The number of carbonyl (C=O) groups excluding carboxylic acids is 1. The minimum absolute atomic E-state index is 0.0198. The fourth-order valence-electron chi connectivity index (χ4n) is 3.69. The van der Waals surface area contributed by atoms with Crippen LogP contribution in [-0.2, 0) is 4.79 Å². The number of nitrogens with one attached hydrogen (secondary N) is 1. The van der Waals surface area contributed by atoms with Crippen LogP contribution in [0.3, 0.4) is 0 Å². The molecule has 1 atom stereocenters. The Morgan fingerprint density at radius 3 is 2.72 bits per heavy atom. The minimum atomic E-state index is -0.376. The zero-order chi connectivity index (χ0) is 20.4. The van der Waals surface area contributed by atoms with E-state index in [0.29, 0.717) is 21.9 Å². The van der Waals surface area contributed by atoms with Crippen LogP contribution in [0, 0.1) is 6.92 Å². The highest BCUT2D eigenvalue weighted by molar-refractivity contribution is 8.00. The zero-order valence-corrected chi connectivity index (χ0v) is 17.4. The number of para-hydroxylation sites is 1. The molecule has 1 saturated carbocycles. The molecule has 0 radical (unpaired) electrons. The van der Waals surface area contributed by atoms with Crippen molar-refractivity contribution in [2.75, 3.05) is 0 Å². The van der Waals surface area contributed by atoms with Gasteiger partial charge in [-0.25, -0.2) is 14.5 Å². The summed E-state index contributed by atoms with van der Waals surface area (Å²) in [6, 6.07) is 11.3. The molecule has 150 valence electrons. The van der Waals surface area contributed by atoms with Crippen LogP contribution < -0.4 is 10.9 Å². The third-order valence-corrected chi connectivity index (χ3v) is 6.34. The molecule has 6 nitrogen and oxygen atoms in total. The van der Waals surface area contributed by atoms with Crippen molar-refractivity contribution >= 4 is 28.6 Å². The molecule has 0 saturated heterocycles. The highest BCUT2D eigenvalue weighted by Gasteiger charge is 2.24. The van der Waals surface area contributed by atoms with Gasteiger partial charge in [0, 0.05) is 12.2 Å². The van der Waals surface area contributed by atoms with Gasteiger partial charge in [0.2, 0.25) is 5.91 Å². The standard InChI is InChI=1S/C22H24N4O2S/c1-14-8-7-13-23-19(14)26-21(28)17-11-5-6-12-18(17)25-22(26)29-15(2)20(27)24-16-9-3-4-10-16/h5-8,11-13,15-16H,3-4,9-10H2,1-2H3,(H,24,27)/t15-/m0/s1. The SMILES string of the molecule is Cc1cccnc1-n1c(S[C@@H](C)C(=O)NC2CCCC2)nc2ccccc2c1=O. The molecule has 4 rings (SSSR count). The predicted octanol–water partition coefficient (Wildman–Crippen LogP) is 3.63. The van der Waals surface area contributed by atoms with E-state index in [9.17, 15) is 9.59 Å². The number of hydrogen-bond acceptors (Lipinski definition) is 5. The van der Waals surface area contributed by atoms with Crippen LogP contribution >= 0.6 is 11.8 Å². The van der Waals surface area contributed by atoms with Crippen LogP contribution in [0.25, 0.3) is 16.7 Å². The Kier molecular flexibility index (Phi) is 5.67. The summed E-state index contributed by atoms with van der Waals surface area (Å²) in [6.07, 6.45) is 6.06. The van der Waals surface area contributed by atoms with Gasteiger partial charge in [0.1, 0.15) is 5.82 Å². The van der Waals surface area contributed by atoms with E-state index in [2.05, 4.69) is 10.3 Å². The van der Waals surface area contributed by atoms with E-state index in [0.717, 1.165) is 31.2 Å². The first kappa shape index (κ1) is 19.6. The quantitative estimate of drug-likeness (QED) is 0.515. The highest BCUT2D eigenvalue weighted by Crippen LogP contribution is 2.26. The number of aromatic nitrogens is 3. The Balaban J connectivity index is 1.74. The van der Waals surface area contributed by atoms with Gasteiger partial charge in [-0.3, -0.25) is 9.59 Å². The maximum atomic E-state index is 13.3. The van der Waals surface area contributed by atoms with Gasteiger partial charge in [-0.1, -0.05) is 42.8 Å². The average molecular weight is 409 g/mol. The number of rotatable bonds is 5. The fourth-order valence-corrected chi connectivity index (χ4v) is 4.61. The monoisotopic (exact) mass is 408 g/mol. The Morgan fingerprint density at radius 1 is 1.21 bits per heavy atom. The Bertz CT molecular complexity index is 1110. The lowest BCUT2D eigenvalue weighted by Crippen LogP contribution is -2.38. The molecular formula is C22H24N4O2S. The molecule has 0 unspecified atom stereocenters. The first-order chi connectivity index (χ1) is 14.0. The third-order valence-electron chi connectivity index (χ3n) is 5.29. The summed E-state index contributed by atoms with van der Waals surface area (Å²) < 4.78 is 1.53. The van der Waals surface area contributed by atoms with Gasteiger partial charge < -0.3 is 5.32 Å². The number of carbonyl (C=O) groups is 1. The lowest BCUT2D eigenvalue weighted by atomic mass is 10.2. The van der Waals surface area contributed by atoms with Gasteiger partial charge in [0.15, 0.2) is 5.16 Å². The molecule has 1 aromatic carbocycles. The largest absolute Gasteiger partial charge is 0.352 e. The number of pyridine rings is 1. The summed E-state index contributed by atoms with van der Waals surface area (Å²) in [5.41, 5.74) is 1.31. The smallest absolute Gasteiger partial charge is 0.267 e. The third kappa shape index (κ3) is 4.05. The molecule has 2 heterocycles. The molecular weight excluding hydrogens is 384 g/mol. The lowest BCUT2D eigenvalue weighted by Gasteiger charge is -2.18. The topological polar surface area (TPSA) is 76.9 Å². The average Bonchev–Trinajstić information content (AvgIpc) is 3.22. The van der Waals surface area contributed by atoms with E-state index < -0.39 is 0 Å². The second-order valence-electron chi connectivity index (χ2n) is 7.45.